The number of carbonyl (C=O) groups is 2. The number of aliphatic hydroxyl groups excluding tert-OH is 1. The van der Waals surface area contributed by atoms with Crippen LogP contribution in [0.4, 0.5) is 0 Å². The quantitative estimate of drug-likeness (QED) is 0.0262. The molecule has 10 heteroatoms. The highest BCUT2D eigenvalue weighted by Gasteiger charge is 2.23. The first kappa shape index (κ1) is 44.8. The van der Waals surface area contributed by atoms with E-state index in [9.17, 15) is 24.2 Å². The predicted octanol–water partition coefficient (Wildman–Crippen LogP) is 9.49. The highest BCUT2D eigenvalue weighted by molar-refractivity contribution is 7.47. The average Bonchev–Trinajstić information content (AvgIpc) is 3.04. The molecule has 0 saturated heterocycles. The first-order chi connectivity index (χ1) is 22.3. The number of phosphoric acid groups is 1. The summed E-state index contributed by atoms with van der Waals surface area (Å²) in [6.07, 6.45) is 31.4. The molecule has 0 saturated carbocycles. The zero-order valence-electron chi connectivity index (χ0n) is 29.5. The van der Waals surface area contributed by atoms with Crippen LogP contribution in [-0.4, -0.2) is 54.3 Å². The van der Waals surface area contributed by atoms with E-state index in [0.717, 1.165) is 57.8 Å². The number of amides is 1. The van der Waals surface area contributed by atoms with Gasteiger partial charge in [0.2, 0.25) is 5.91 Å². The summed E-state index contributed by atoms with van der Waals surface area (Å²) in [5.41, 5.74) is 0. The lowest BCUT2D eigenvalue weighted by atomic mass is 10.1. The normalized spacial score (nSPS) is 13.6. The largest absolute Gasteiger partial charge is 0.472 e. The molecule has 0 heterocycles. The molecule has 3 N–H and O–H groups in total. The minimum atomic E-state index is -4.40. The second-order valence-electron chi connectivity index (χ2n) is 12.6. The molecule has 9 nitrogen and oxygen atoms in total. The number of rotatable bonds is 35. The van der Waals surface area contributed by atoms with Crippen LogP contribution in [-0.2, 0) is 27.9 Å². The molecule has 0 aliphatic rings. The lowest BCUT2D eigenvalue weighted by Crippen LogP contribution is -2.27. The number of allylic oxidation sites excluding steroid dienone is 2. The fraction of sp³-hybridized carbons (Fsp3) is 0.889. The van der Waals surface area contributed by atoms with Crippen molar-refractivity contribution in [2.24, 2.45) is 0 Å². The van der Waals surface area contributed by atoms with Crippen LogP contribution in [0.15, 0.2) is 12.2 Å². The number of phosphoric ester groups is 1. The highest BCUT2D eigenvalue weighted by atomic mass is 31.2. The predicted molar refractivity (Wildman–Crippen MR) is 188 cm³/mol. The molecule has 0 spiro atoms. The molecule has 272 valence electrons. The van der Waals surface area contributed by atoms with E-state index in [1.54, 1.807) is 0 Å². The molecule has 0 aliphatic carbocycles. The van der Waals surface area contributed by atoms with Gasteiger partial charge in [0, 0.05) is 19.4 Å². The molecule has 0 rings (SSSR count). The second-order valence-corrected chi connectivity index (χ2v) is 14.0. The Kier molecular flexibility index (Phi) is 32.7. The third kappa shape index (κ3) is 34.1. The molecule has 0 aliphatic heterocycles. The van der Waals surface area contributed by atoms with Gasteiger partial charge in [-0.1, -0.05) is 135 Å². The van der Waals surface area contributed by atoms with E-state index in [1.807, 2.05) is 0 Å². The number of nitrogens with one attached hydrogen (secondary N) is 1. The van der Waals surface area contributed by atoms with Crippen molar-refractivity contribution in [3.05, 3.63) is 12.2 Å². The zero-order chi connectivity index (χ0) is 34.0. The Morgan fingerprint density at radius 3 is 1.63 bits per heavy atom. The van der Waals surface area contributed by atoms with Crippen LogP contribution in [0.1, 0.15) is 174 Å². The Morgan fingerprint density at radius 2 is 1.11 bits per heavy atom. The summed E-state index contributed by atoms with van der Waals surface area (Å²) in [5, 5.41) is 12.6. The summed E-state index contributed by atoms with van der Waals surface area (Å²) in [7, 11) is -4.40. The maximum absolute atomic E-state index is 12.0. The molecule has 0 aromatic heterocycles. The van der Waals surface area contributed by atoms with Crippen LogP contribution >= 0.6 is 7.82 Å². The van der Waals surface area contributed by atoms with E-state index >= 15 is 0 Å². The number of hydrogen-bond acceptors (Lipinski definition) is 7. The van der Waals surface area contributed by atoms with E-state index in [0.29, 0.717) is 6.42 Å². The number of esters is 1. The van der Waals surface area contributed by atoms with Gasteiger partial charge in [0.15, 0.2) is 0 Å². The van der Waals surface area contributed by atoms with E-state index < -0.39 is 26.5 Å². The lowest BCUT2D eigenvalue weighted by molar-refractivity contribution is -0.147. The number of aliphatic hydroxyl groups is 1. The fourth-order valence-electron chi connectivity index (χ4n) is 5.08. The van der Waals surface area contributed by atoms with Crippen LogP contribution in [0.3, 0.4) is 0 Å². The molecule has 0 aromatic carbocycles. The average molecular weight is 676 g/mol. The number of unbranched alkanes of at least 4 members (excludes halogenated alkanes) is 20. The molecular formula is C36H70NO8P. The maximum Gasteiger partial charge on any atom is 0.472 e. The van der Waals surface area contributed by atoms with E-state index in [2.05, 4.69) is 31.3 Å². The van der Waals surface area contributed by atoms with Crippen LogP contribution in [0.2, 0.25) is 0 Å². The highest BCUT2D eigenvalue weighted by Crippen LogP contribution is 2.42. The molecule has 0 bridgehead atoms. The Balaban J connectivity index is 3.63. The Labute approximate surface area is 281 Å². The van der Waals surface area contributed by atoms with Gasteiger partial charge in [-0.3, -0.25) is 18.6 Å². The van der Waals surface area contributed by atoms with Gasteiger partial charge in [-0.15, -0.1) is 0 Å². The van der Waals surface area contributed by atoms with Crippen LogP contribution in [0.5, 0.6) is 0 Å². The summed E-state index contributed by atoms with van der Waals surface area (Å²) in [5.74, 6) is -0.524. The van der Waals surface area contributed by atoms with Crippen molar-refractivity contribution in [1.29, 1.82) is 0 Å². The maximum atomic E-state index is 12.0. The van der Waals surface area contributed by atoms with E-state index in [4.69, 9.17) is 13.8 Å². The molecule has 2 unspecified atom stereocenters. The monoisotopic (exact) mass is 675 g/mol. The van der Waals surface area contributed by atoms with Crippen molar-refractivity contribution in [1.82, 2.24) is 5.32 Å². The number of carbonyl (C=O) groups excluding carboxylic acids is 2. The standard InChI is InChI=1S/C36H70NO8P/c1-3-5-7-9-11-13-15-16-17-18-19-21-23-25-27-29-36(40)43-32-34(38)33-45-46(41,42)44-31-30-37-35(39)28-26-24-22-20-14-12-10-8-6-4-2/h16-17,34,38H,3-15,18-33H2,1-2H3,(H,37,39)(H,41,42)/b17-16-. The minimum Gasteiger partial charge on any atom is -0.463 e. The van der Waals surface area contributed by atoms with Crippen molar-refractivity contribution in [2.75, 3.05) is 26.4 Å². The number of hydrogen-bond donors (Lipinski definition) is 3. The summed E-state index contributed by atoms with van der Waals surface area (Å²) >= 11 is 0. The molecule has 1 amide bonds. The third-order valence-electron chi connectivity index (χ3n) is 7.95. The molecule has 46 heavy (non-hydrogen) atoms. The second kappa shape index (κ2) is 33.6. The molecule has 0 aromatic rings. The SMILES string of the molecule is CCCCCCCC/C=C\CCCCCCCC(=O)OCC(O)COP(=O)(O)OCCNC(=O)CCCCCCCCCCCC. The summed E-state index contributed by atoms with van der Waals surface area (Å²) in [6, 6.07) is 0. The summed E-state index contributed by atoms with van der Waals surface area (Å²) in [6.45, 7) is 3.52. The first-order valence-electron chi connectivity index (χ1n) is 18.7. The Bertz CT molecular complexity index is 779. The summed E-state index contributed by atoms with van der Waals surface area (Å²) < 4.78 is 26.7. The smallest absolute Gasteiger partial charge is 0.463 e. The minimum absolute atomic E-state index is 0.0844. The van der Waals surface area contributed by atoms with Gasteiger partial charge in [-0.05, 0) is 38.5 Å². The van der Waals surface area contributed by atoms with Crippen molar-refractivity contribution in [2.45, 2.75) is 180 Å². The molecular weight excluding hydrogens is 605 g/mol. The van der Waals surface area contributed by atoms with Crippen molar-refractivity contribution in [3.63, 3.8) is 0 Å². The molecule has 0 radical (unpaired) electrons. The van der Waals surface area contributed by atoms with Gasteiger partial charge in [0.05, 0.1) is 13.2 Å². The van der Waals surface area contributed by atoms with Gasteiger partial charge >= 0.3 is 13.8 Å². The van der Waals surface area contributed by atoms with E-state index in [1.165, 1.54) is 89.9 Å². The van der Waals surface area contributed by atoms with Gasteiger partial charge < -0.3 is 20.1 Å². The van der Waals surface area contributed by atoms with Crippen LogP contribution in [0, 0.1) is 0 Å². The first-order valence-corrected chi connectivity index (χ1v) is 20.2. The zero-order valence-corrected chi connectivity index (χ0v) is 30.4. The third-order valence-corrected chi connectivity index (χ3v) is 8.93. The Morgan fingerprint density at radius 1 is 0.652 bits per heavy atom. The fourth-order valence-corrected chi connectivity index (χ4v) is 5.84. The summed E-state index contributed by atoms with van der Waals surface area (Å²) in [4.78, 5) is 33.7. The van der Waals surface area contributed by atoms with Crippen molar-refractivity contribution < 1.29 is 37.9 Å². The van der Waals surface area contributed by atoms with Crippen molar-refractivity contribution in [3.8, 4) is 0 Å². The van der Waals surface area contributed by atoms with Gasteiger partial charge in [-0.25, -0.2) is 4.57 Å². The van der Waals surface area contributed by atoms with Gasteiger partial charge in [0.1, 0.15) is 12.7 Å². The van der Waals surface area contributed by atoms with Crippen LogP contribution in [0.25, 0.3) is 0 Å². The molecule has 2 atom stereocenters. The lowest BCUT2D eigenvalue weighted by Gasteiger charge is -2.15. The van der Waals surface area contributed by atoms with Gasteiger partial charge in [-0.2, -0.15) is 0 Å². The van der Waals surface area contributed by atoms with Crippen LogP contribution < -0.4 is 5.32 Å². The number of ether oxygens (including phenoxy) is 1. The van der Waals surface area contributed by atoms with Crippen molar-refractivity contribution >= 4 is 19.7 Å². The Hall–Kier alpha value is -1.25. The van der Waals surface area contributed by atoms with Gasteiger partial charge in [0.25, 0.3) is 0 Å². The van der Waals surface area contributed by atoms with E-state index in [-0.39, 0.29) is 32.1 Å². The molecule has 0 fully saturated rings. The topological polar surface area (TPSA) is 131 Å².